The Hall–Kier alpha value is -0.120. The molecule has 3 heteroatoms. The van der Waals surface area contributed by atoms with E-state index in [-0.39, 0.29) is 0 Å². The SMILES string of the molecule is CNC1COCC1CN1CCC(C)(C)CC1. The highest BCUT2D eigenvalue weighted by atomic mass is 16.5. The second-order valence-corrected chi connectivity index (χ2v) is 6.16. The van der Waals surface area contributed by atoms with E-state index in [0.717, 1.165) is 13.2 Å². The lowest BCUT2D eigenvalue weighted by molar-refractivity contribution is 0.108. The van der Waals surface area contributed by atoms with Crippen LogP contribution in [0.25, 0.3) is 0 Å². The highest BCUT2D eigenvalue weighted by Crippen LogP contribution is 2.30. The fraction of sp³-hybridized carbons (Fsp3) is 1.00. The molecule has 0 bridgehead atoms. The van der Waals surface area contributed by atoms with Crippen molar-refractivity contribution in [2.24, 2.45) is 11.3 Å². The van der Waals surface area contributed by atoms with Gasteiger partial charge in [0.05, 0.1) is 13.2 Å². The number of likely N-dealkylation sites (N-methyl/N-ethyl adjacent to an activating group) is 1. The molecule has 0 aromatic carbocycles. The molecule has 16 heavy (non-hydrogen) atoms. The maximum atomic E-state index is 5.55. The third-order valence-corrected chi connectivity index (χ3v) is 4.27. The van der Waals surface area contributed by atoms with Gasteiger partial charge in [0, 0.05) is 18.5 Å². The summed E-state index contributed by atoms with van der Waals surface area (Å²) in [5, 5.41) is 3.37. The van der Waals surface area contributed by atoms with Gasteiger partial charge in [0.25, 0.3) is 0 Å². The summed E-state index contributed by atoms with van der Waals surface area (Å²) in [4.78, 5) is 2.62. The Bertz CT molecular complexity index is 220. The van der Waals surface area contributed by atoms with E-state index in [1.807, 2.05) is 7.05 Å². The monoisotopic (exact) mass is 226 g/mol. The first-order valence-corrected chi connectivity index (χ1v) is 6.58. The predicted octanol–water partition coefficient (Wildman–Crippen LogP) is 1.34. The summed E-state index contributed by atoms with van der Waals surface area (Å²) in [5.41, 5.74) is 0.561. The van der Waals surface area contributed by atoms with E-state index in [1.165, 1.54) is 32.5 Å². The molecule has 2 saturated heterocycles. The maximum absolute atomic E-state index is 5.55. The van der Waals surface area contributed by atoms with Crippen molar-refractivity contribution in [1.82, 2.24) is 10.2 Å². The maximum Gasteiger partial charge on any atom is 0.0623 e. The first-order valence-electron chi connectivity index (χ1n) is 6.58. The van der Waals surface area contributed by atoms with E-state index < -0.39 is 0 Å². The molecule has 1 N–H and O–H groups in total. The molecule has 2 aliphatic rings. The van der Waals surface area contributed by atoms with Crippen LogP contribution in [0, 0.1) is 11.3 Å². The van der Waals surface area contributed by atoms with E-state index in [4.69, 9.17) is 4.74 Å². The van der Waals surface area contributed by atoms with Crippen molar-refractivity contribution < 1.29 is 4.74 Å². The fourth-order valence-electron chi connectivity index (χ4n) is 2.77. The quantitative estimate of drug-likeness (QED) is 0.786. The smallest absolute Gasteiger partial charge is 0.0623 e. The zero-order valence-electron chi connectivity index (χ0n) is 11.0. The third-order valence-electron chi connectivity index (χ3n) is 4.27. The van der Waals surface area contributed by atoms with E-state index in [2.05, 4.69) is 24.1 Å². The molecule has 0 amide bonds. The van der Waals surface area contributed by atoms with Crippen LogP contribution in [0.1, 0.15) is 26.7 Å². The van der Waals surface area contributed by atoms with Crippen molar-refractivity contribution in [3.8, 4) is 0 Å². The largest absolute Gasteiger partial charge is 0.379 e. The summed E-state index contributed by atoms with van der Waals surface area (Å²) >= 11 is 0. The van der Waals surface area contributed by atoms with Crippen LogP contribution in [-0.2, 0) is 4.74 Å². The van der Waals surface area contributed by atoms with Crippen LogP contribution in [0.4, 0.5) is 0 Å². The highest BCUT2D eigenvalue weighted by Gasteiger charge is 2.31. The molecule has 0 saturated carbocycles. The standard InChI is InChI=1S/C13H26N2O/c1-13(2)4-6-15(7-5-13)8-11-9-16-10-12(11)14-3/h11-12,14H,4-10H2,1-3H3. The van der Waals surface area contributed by atoms with Crippen molar-refractivity contribution in [2.45, 2.75) is 32.7 Å². The summed E-state index contributed by atoms with van der Waals surface area (Å²) in [6, 6.07) is 0.565. The molecular formula is C13H26N2O. The molecule has 3 nitrogen and oxygen atoms in total. The summed E-state index contributed by atoms with van der Waals surface area (Å²) < 4.78 is 5.55. The van der Waals surface area contributed by atoms with Crippen molar-refractivity contribution in [3.05, 3.63) is 0 Å². The van der Waals surface area contributed by atoms with Gasteiger partial charge in [-0.15, -0.1) is 0 Å². The van der Waals surface area contributed by atoms with Gasteiger partial charge >= 0.3 is 0 Å². The summed E-state index contributed by atoms with van der Waals surface area (Å²) in [6.07, 6.45) is 2.68. The fourth-order valence-corrected chi connectivity index (χ4v) is 2.77. The molecule has 0 aromatic heterocycles. The zero-order valence-corrected chi connectivity index (χ0v) is 11.0. The molecule has 2 heterocycles. The second kappa shape index (κ2) is 5.03. The van der Waals surface area contributed by atoms with Crippen molar-refractivity contribution >= 4 is 0 Å². The molecule has 2 fully saturated rings. The minimum atomic E-state index is 0.561. The molecule has 2 aliphatic heterocycles. The predicted molar refractivity (Wildman–Crippen MR) is 66.6 cm³/mol. The van der Waals surface area contributed by atoms with Gasteiger partial charge in [-0.05, 0) is 38.4 Å². The van der Waals surface area contributed by atoms with Crippen LogP contribution in [0.2, 0.25) is 0 Å². The van der Waals surface area contributed by atoms with Crippen LogP contribution in [-0.4, -0.2) is 50.8 Å². The minimum absolute atomic E-state index is 0.561. The summed E-state index contributed by atoms with van der Waals surface area (Å²) in [7, 11) is 2.05. The van der Waals surface area contributed by atoms with Gasteiger partial charge in [0.2, 0.25) is 0 Å². The number of hydrogen-bond acceptors (Lipinski definition) is 3. The van der Waals surface area contributed by atoms with Gasteiger partial charge in [-0.25, -0.2) is 0 Å². The first kappa shape index (κ1) is 12.3. The lowest BCUT2D eigenvalue weighted by Crippen LogP contribution is -2.44. The normalized spacial score (nSPS) is 35.4. The molecule has 0 radical (unpaired) electrons. The Kier molecular flexibility index (Phi) is 3.88. The van der Waals surface area contributed by atoms with Crippen LogP contribution in [0.15, 0.2) is 0 Å². The van der Waals surface area contributed by atoms with E-state index in [1.54, 1.807) is 0 Å². The molecule has 2 unspecified atom stereocenters. The average Bonchev–Trinajstić information content (AvgIpc) is 2.68. The second-order valence-electron chi connectivity index (χ2n) is 6.16. The topological polar surface area (TPSA) is 24.5 Å². The average molecular weight is 226 g/mol. The molecule has 94 valence electrons. The lowest BCUT2D eigenvalue weighted by atomic mass is 9.82. The number of nitrogens with one attached hydrogen (secondary N) is 1. The van der Waals surface area contributed by atoms with Crippen LogP contribution < -0.4 is 5.32 Å². The highest BCUT2D eigenvalue weighted by molar-refractivity contribution is 4.85. The van der Waals surface area contributed by atoms with Crippen molar-refractivity contribution in [2.75, 3.05) is 39.9 Å². The Morgan fingerprint density at radius 3 is 2.56 bits per heavy atom. The van der Waals surface area contributed by atoms with Gasteiger partial charge in [0.1, 0.15) is 0 Å². The molecule has 2 atom stereocenters. The van der Waals surface area contributed by atoms with Gasteiger partial charge in [-0.3, -0.25) is 0 Å². The number of ether oxygens (including phenoxy) is 1. The summed E-state index contributed by atoms with van der Waals surface area (Å²) in [5.74, 6) is 0.686. The van der Waals surface area contributed by atoms with Gasteiger partial charge in [-0.2, -0.15) is 0 Å². The van der Waals surface area contributed by atoms with E-state index >= 15 is 0 Å². The zero-order chi connectivity index (χ0) is 11.6. The van der Waals surface area contributed by atoms with Crippen LogP contribution >= 0.6 is 0 Å². The van der Waals surface area contributed by atoms with Gasteiger partial charge in [-0.1, -0.05) is 13.8 Å². The number of nitrogens with zero attached hydrogens (tertiary/aromatic N) is 1. The Morgan fingerprint density at radius 2 is 1.94 bits per heavy atom. The molecule has 0 aliphatic carbocycles. The molecule has 0 aromatic rings. The Labute approximate surface area is 99.5 Å². The van der Waals surface area contributed by atoms with Crippen LogP contribution in [0.3, 0.4) is 0 Å². The Morgan fingerprint density at radius 1 is 1.25 bits per heavy atom. The number of hydrogen-bond donors (Lipinski definition) is 1. The lowest BCUT2D eigenvalue weighted by Gasteiger charge is -2.38. The van der Waals surface area contributed by atoms with Crippen LogP contribution in [0.5, 0.6) is 0 Å². The molecule has 2 rings (SSSR count). The summed E-state index contributed by atoms with van der Waals surface area (Å²) in [6.45, 7) is 10.3. The third kappa shape index (κ3) is 2.96. The minimum Gasteiger partial charge on any atom is -0.379 e. The number of piperidine rings is 1. The Balaban J connectivity index is 1.78. The van der Waals surface area contributed by atoms with Crippen molar-refractivity contribution in [1.29, 1.82) is 0 Å². The van der Waals surface area contributed by atoms with E-state index in [9.17, 15) is 0 Å². The van der Waals surface area contributed by atoms with E-state index in [0.29, 0.717) is 17.4 Å². The molecular weight excluding hydrogens is 200 g/mol. The number of likely N-dealkylation sites (tertiary alicyclic amines) is 1. The first-order chi connectivity index (χ1) is 7.61. The van der Waals surface area contributed by atoms with Crippen molar-refractivity contribution in [3.63, 3.8) is 0 Å². The molecule has 0 spiro atoms. The van der Waals surface area contributed by atoms with Gasteiger partial charge < -0.3 is 15.0 Å². The number of rotatable bonds is 3. The van der Waals surface area contributed by atoms with Gasteiger partial charge in [0.15, 0.2) is 0 Å².